The van der Waals surface area contributed by atoms with Gasteiger partial charge in [-0.2, -0.15) is 0 Å². The zero-order valence-corrected chi connectivity index (χ0v) is 22.9. The smallest absolute Gasteiger partial charge is 0.410 e. The van der Waals surface area contributed by atoms with Gasteiger partial charge in [-0.25, -0.2) is 4.79 Å². The van der Waals surface area contributed by atoms with Crippen LogP contribution in [0, 0.1) is 0 Å². The summed E-state index contributed by atoms with van der Waals surface area (Å²) in [6.45, 7) is 6.49. The topological polar surface area (TPSA) is 46.6 Å². The average molecular weight is 551 g/mol. The minimum Gasteiger partial charge on any atom is -0.444 e. The molecule has 4 nitrogen and oxygen atoms in total. The maximum absolute atomic E-state index is 11.5. The summed E-state index contributed by atoms with van der Waals surface area (Å²) >= 11 is 3.31. The average Bonchev–Trinajstić information content (AvgIpc) is 2.81. The van der Waals surface area contributed by atoms with Gasteiger partial charge in [-0.15, -0.1) is 12.4 Å². The lowest BCUT2D eigenvalue weighted by Gasteiger charge is -2.29. The number of hydrogen-bond donors (Lipinski definition) is 0. The summed E-state index contributed by atoms with van der Waals surface area (Å²) in [5.41, 5.74) is 2.50. The third-order valence-electron chi connectivity index (χ3n) is 5.14. The van der Waals surface area contributed by atoms with E-state index in [-0.39, 0.29) is 24.3 Å². The highest BCUT2D eigenvalue weighted by atomic mass is 79.9. The van der Waals surface area contributed by atoms with Gasteiger partial charge >= 0.3 is 6.09 Å². The first-order valence-electron chi connectivity index (χ1n) is 11.7. The number of amides is 1. The van der Waals surface area contributed by atoms with Crippen molar-refractivity contribution in [3.05, 3.63) is 76.8 Å². The van der Waals surface area contributed by atoms with Crippen LogP contribution in [-0.2, 0) is 9.53 Å². The van der Waals surface area contributed by atoms with Crippen molar-refractivity contribution in [3.63, 3.8) is 0 Å². The lowest BCUT2D eigenvalue weighted by molar-refractivity contribution is -0.121. The van der Waals surface area contributed by atoms with Crippen LogP contribution in [-0.4, -0.2) is 35.5 Å². The molecule has 1 heterocycles. The molecule has 0 saturated carbocycles. The number of nitrogens with zero attached hydrogens (tertiary/aromatic N) is 1. The number of ketones is 1. The van der Waals surface area contributed by atoms with Gasteiger partial charge < -0.3 is 9.64 Å². The minimum absolute atomic E-state index is 0. The molecule has 1 fully saturated rings. The summed E-state index contributed by atoms with van der Waals surface area (Å²) in [4.78, 5) is 24.0. The molecule has 1 saturated heterocycles. The molecule has 2 aromatic carbocycles. The van der Waals surface area contributed by atoms with Crippen molar-refractivity contribution in [1.82, 2.24) is 4.90 Å². The highest BCUT2D eigenvalue weighted by Crippen LogP contribution is 2.26. The Morgan fingerprint density at radius 2 is 1.44 bits per heavy atom. The Kier molecular flexibility index (Phi) is 13.8. The number of allylic oxidation sites excluding steroid dienone is 2. The fourth-order valence-electron chi connectivity index (χ4n) is 3.43. The van der Waals surface area contributed by atoms with Crippen LogP contribution in [0.3, 0.4) is 0 Å². The normalized spacial score (nSPS) is 15.4. The molecule has 4 rings (SSSR count). The summed E-state index contributed by atoms with van der Waals surface area (Å²) in [7, 11) is 0. The Bertz CT molecular complexity index is 885. The third kappa shape index (κ3) is 12.4. The quantitative estimate of drug-likeness (QED) is 0.360. The van der Waals surface area contributed by atoms with Gasteiger partial charge in [0.2, 0.25) is 0 Å². The van der Waals surface area contributed by atoms with Gasteiger partial charge in [0.05, 0.1) is 0 Å². The van der Waals surface area contributed by atoms with Crippen molar-refractivity contribution in [3.8, 4) is 0 Å². The highest BCUT2D eigenvalue weighted by molar-refractivity contribution is 9.10. The van der Waals surface area contributed by atoms with Crippen molar-refractivity contribution in [1.29, 1.82) is 0 Å². The largest absolute Gasteiger partial charge is 0.444 e. The van der Waals surface area contributed by atoms with Crippen LogP contribution in [0.15, 0.2) is 71.2 Å². The van der Waals surface area contributed by atoms with Gasteiger partial charge in [0.1, 0.15) is 11.4 Å². The first kappa shape index (κ1) is 29.9. The number of carbonyl (C=O) groups excluding carboxylic acids is 2. The molecular weight excluding hydrogens is 514 g/mol. The Morgan fingerprint density at radius 3 is 1.88 bits per heavy atom. The monoisotopic (exact) mass is 549 g/mol. The first-order valence-corrected chi connectivity index (χ1v) is 12.5. The number of benzene rings is 2. The number of likely N-dealkylation sites (tertiary alicyclic amines) is 1. The number of Topliss-reactive ketones (excluding diaryl/α,β-unsaturated/α-hetero) is 1. The number of piperidine rings is 1. The minimum atomic E-state index is -0.460. The second kappa shape index (κ2) is 15.7. The molecular formula is C28H37BrClNO3. The number of ether oxygens (including phenoxy) is 1. The molecule has 1 aliphatic heterocycles. The summed E-state index contributed by atoms with van der Waals surface area (Å²) in [6.07, 6.45) is 8.26. The maximum Gasteiger partial charge on any atom is 0.410 e. The van der Waals surface area contributed by atoms with E-state index in [2.05, 4.69) is 52.3 Å². The van der Waals surface area contributed by atoms with E-state index in [0.717, 1.165) is 4.47 Å². The molecule has 2 aliphatic rings. The van der Waals surface area contributed by atoms with Crippen LogP contribution in [0.25, 0.3) is 5.57 Å². The van der Waals surface area contributed by atoms with Crippen molar-refractivity contribution < 1.29 is 14.3 Å². The Morgan fingerprint density at radius 1 is 0.882 bits per heavy atom. The molecule has 0 unspecified atom stereocenters. The van der Waals surface area contributed by atoms with Gasteiger partial charge in [0.15, 0.2) is 0 Å². The fraction of sp³-hybridized carbons (Fsp3) is 0.429. The molecule has 0 spiro atoms. The van der Waals surface area contributed by atoms with Crippen molar-refractivity contribution >= 4 is 45.8 Å². The van der Waals surface area contributed by atoms with E-state index in [9.17, 15) is 9.59 Å². The highest BCUT2D eigenvalue weighted by Gasteiger charge is 2.25. The van der Waals surface area contributed by atoms with Crippen molar-refractivity contribution in [2.24, 2.45) is 0 Å². The standard InChI is InChI=1S/C12H14.C10H17NO3.C6H5Br.ClH/c1-3-7-11(8-4-1)12-9-5-2-6-10-12;1-10(2,3)14-9(13)11-6-4-8(12)5-7-11;7-6-4-2-1-3-5-6;/h1,3-4,7-9H,2,5-6,10H2;4-7H2,1-3H3;1-5H;1H. The van der Waals surface area contributed by atoms with E-state index in [0.29, 0.717) is 25.9 Å². The fourth-order valence-corrected chi connectivity index (χ4v) is 3.74. The van der Waals surface area contributed by atoms with E-state index in [1.807, 2.05) is 51.1 Å². The van der Waals surface area contributed by atoms with E-state index in [1.54, 1.807) is 10.5 Å². The number of rotatable bonds is 1. The van der Waals surface area contributed by atoms with E-state index < -0.39 is 5.60 Å². The zero-order valence-electron chi connectivity index (χ0n) is 20.5. The van der Waals surface area contributed by atoms with Crippen LogP contribution < -0.4 is 0 Å². The molecule has 1 amide bonds. The van der Waals surface area contributed by atoms with E-state index in [4.69, 9.17) is 4.74 Å². The predicted octanol–water partition coefficient (Wildman–Crippen LogP) is 8.10. The molecule has 1 aliphatic carbocycles. The van der Waals surface area contributed by atoms with Crippen LogP contribution in [0.2, 0.25) is 0 Å². The van der Waals surface area contributed by atoms with Gasteiger partial charge in [-0.1, -0.05) is 70.5 Å². The molecule has 0 radical (unpaired) electrons. The second-order valence-electron chi connectivity index (χ2n) is 9.14. The maximum atomic E-state index is 11.5. The zero-order chi connectivity index (χ0) is 24.1. The van der Waals surface area contributed by atoms with Crippen LogP contribution in [0.4, 0.5) is 4.79 Å². The molecule has 186 valence electrons. The SMILES string of the molecule is Brc1ccccc1.C1=C(c2ccccc2)CCCC1.CC(C)(C)OC(=O)N1CCC(=O)CC1.Cl. The summed E-state index contributed by atoms with van der Waals surface area (Å²) < 4.78 is 6.32. The van der Waals surface area contributed by atoms with Crippen LogP contribution in [0.5, 0.6) is 0 Å². The molecule has 34 heavy (non-hydrogen) atoms. The number of carbonyl (C=O) groups is 2. The Balaban J connectivity index is 0.000000264. The molecule has 0 atom stereocenters. The van der Waals surface area contributed by atoms with Gasteiger partial charge in [0.25, 0.3) is 0 Å². The van der Waals surface area contributed by atoms with E-state index in [1.165, 1.54) is 31.2 Å². The van der Waals surface area contributed by atoms with E-state index >= 15 is 0 Å². The lowest BCUT2D eigenvalue weighted by Crippen LogP contribution is -2.41. The van der Waals surface area contributed by atoms with Gasteiger partial charge in [-0.3, -0.25) is 4.79 Å². The number of halogens is 2. The van der Waals surface area contributed by atoms with Crippen LogP contribution in [0.1, 0.15) is 64.9 Å². The Labute approximate surface area is 219 Å². The predicted molar refractivity (Wildman–Crippen MR) is 146 cm³/mol. The van der Waals surface area contributed by atoms with Crippen molar-refractivity contribution in [2.45, 2.75) is 64.9 Å². The lowest BCUT2D eigenvalue weighted by atomic mass is 9.94. The Hall–Kier alpha value is -2.11. The number of hydrogen-bond acceptors (Lipinski definition) is 3. The van der Waals surface area contributed by atoms with Gasteiger partial charge in [-0.05, 0) is 69.7 Å². The molecule has 0 aromatic heterocycles. The molecule has 6 heteroatoms. The second-order valence-corrected chi connectivity index (χ2v) is 10.1. The van der Waals surface area contributed by atoms with Crippen molar-refractivity contribution in [2.75, 3.05) is 13.1 Å². The summed E-state index contributed by atoms with van der Waals surface area (Å²) in [5.74, 6) is 0.227. The summed E-state index contributed by atoms with van der Waals surface area (Å²) in [6, 6.07) is 20.7. The van der Waals surface area contributed by atoms with Gasteiger partial charge in [0, 0.05) is 30.4 Å². The molecule has 0 N–H and O–H groups in total. The summed E-state index contributed by atoms with van der Waals surface area (Å²) in [5, 5.41) is 0. The third-order valence-corrected chi connectivity index (χ3v) is 5.67. The molecule has 2 aromatic rings. The molecule has 0 bridgehead atoms. The first-order chi connectivity index (χ1) is 15.7. The van der Waals surface area contributed by atoms with Crippen LogP contribution >= 0.6 is 28.3 Å².